The lowest BCUT2D eigenvalue weighted by Crippen LogP contribution is -2.47. The normalized spacial score (nSPS) is 14.9. The number of amides is 1. The molecule has 0 spiro atoms. The summed E-state index contributed by atoms with van der Waals surface area (Å²) in [6.07, 6.45) is 3.74. The number of nitrogens with one attached hydrogen (secondary N) is 1. The van der Waals surface area contributed by atoms with Gasteiger partial charge in [0.05, 0.1) is 18.4 Å². The van der Waals surface area contributed by atoms with Crippen molar-refractivity contribution in [2.24, 2.45) is 0 Å². The van der Waals surface area contributed by atoms with Crippen LogP contribution in [0.1, 0.15) is 30.1 Å². The Morgan fingerprint density at radius 2 is 1.68 bits per heavy atom. The van der Waals surface area contributed by atoms with Gasteiger partial charge < -0.3 is 19.9 Å². The van der Waals surface area contributed by atoms with E-state index in [0.29, 0.717) is 34.3 Å². The minimum Gasteiger partial charge on any atom is -0.497 e. The summed E-state index contributed by atoms with van der Waals surface area (Å²) in [6.45, 7) is 9.39. The van der Waals surface area contributed by atoms with E-state index in [2.05, 4.69) is 22.0 Å². The molecule has 0 saturated carbocycles. The summed E-state index contributed by atoms with van der Waals surface area (Å²) in [5, 5.41) is 4.24. The number of ether oxygens (including phenoxy) is 1. The molecule has 0 bridgehead atoms. The number of piperazine rings is 1. The highest BCUT2D eigenvalue weighted by atomic mass is 16.5. The van der Waals surface area contributed by atoms with Crippen molar-refractivity contribution in [1.82, 2.24) is 19.7 Å². The van der Waals surface area contributed by atoms with Gasteiger partial charge in [0.1, 0.15) is 5.75 Å². The third-order valence-electron chi connectivity index (χ3n) is 6.44. The Labute approximate surface area is 200 Å². The molecular formula is C27H34N4O3. The predicted molar refractivity (Wildman–Crippen MR) is 136 cm³/mol. The van der Waals surface area contributed by atoms with Crippen LogP contribution in [-0.2, 0) is 0 Å². The molecule has 1 fully saturated rings. The van der Waals surface area contributed by atoms with Crippen molar-refractivity contribution < 1.29 is 9.53 Å². The number of hydrogen-bond donors (Lipinski definition) is 1. The van der Waals surface area contributed by atoms with Gasteiger partial charge in [0.2, 0.25) is 0 Å². The number of rotatable bonds is 9. The average molecular weight is 463 g/mol. The zero-order chi connectivity index (χ0) is 23.9. The molecule has 1 aliphatic rings. The van der Waals surface area contributed by atoms with Gasteiger partial charge in [-0.3, -0.25) is 14.2 Å². The number of aromatic nitrogens is 1. The van der Waals surface area contributed by atoms with Crippen LogP contribution in [0.2, 0.25) is 0 Å². The van der Waals surface area contributed by atoms with Crippen LogP contribution in [0.4, 0.5) is 0 Å². The Kier molecular flexibility index (Phi) is 7.98. The van der Waals surface area contributed by atoms with Gasteiger partial charge in [0, 0.05) is 55.8 Å². The number of carbonyl (C=O) groups excluding carboxylic acids is 1. The Morgan fingerprint density at radius 1 is 0.971 bits per heavy atom. The van der Waals surface area contributed by atoms with Crippen LogP contribution in [0.3, 0.4) is 0 Å². The summed E-state index contributed by atoms with van der Waals surface area (Å²) in [6, 6.07) is 14.6. The molecule has 4 rings (SSSR count). The second-order valence-corrected chi connectivity index (χ2v) is 8.76. The van der Waals surface area contributed by atoms with Crippen molar-refractivity contribution in [3.8, 4) is 11.4 Å². The second kappa shape index (κ2) is 11.3. The first-order valence-corrected chi connectivity index (χ1v) is 12.1. The summed E-state index contributed by atoms with van der Waals surface area (Å²) in [5.41, 5.74) is 0.986. The highest BCUT2D eigenvalue weighted by Crippen LogP contribution is 2.20. The van der Waals surface area contributed by atoms with Crippen LogP contribution in [0, 0.1) is 0 Å². The molecular weight excluding hydrogens is 428 g/mol. The number of pyridine rings is 1. The van der Waals surface area contributed by atoms with E-state index in [9.17, 15) is 9.59 Å². The molecule has 1 aliphatic heterocycles. The summed E-state index contributed by atoms with van der Waals surface area (Å²) in [7, 11) is 1.59. The number of benzene rings is 2. The van der Waals surface area contributed by atoms with Gasteiger partial charge in [-0.05, 0) is 44.1 Å². The maximum absolute atomic E-state index is 13.2. The van der Waals surface area contributed by atoms with Crippen molar-refractivity contribution in [3.05, 3.63) is 70.6 Å². The standard InChI is InChI=1S/C27H34N4O3/c1-3-13-29-15-17-30(18-16-29)14-7-12-28-26(32)25-20-31(21-8-6-9-22(19-21)34-2)27(33)24-11-5-4-10-23(24)25/h4-6,8-11,19-20H,3,7,12-18H2,1-2H3,(H,28,32). The smallest absolute Gasteiger partial charge is 0.262 e. The van der Waals surface area contributed by atoms with Gasteiger partial charge in [-0.2, -0.15) is 0 Å². The molecule has 180 valence electrons. The van der Waals surface area contributed by atoms with Gasteiger partial charge in [-0.1, -0.05) is 31.2 Å². The fourth-order valence-corrected chi connectivity index (χ4v) is 4.58. The fourth-order valence-electron chi connectivity index (χ4n) is 4.58. The highest BCUT2D eigenvalue weighted by molar-refractivity contribution is 6.06. The number of methoxy groups -OCH3 is 1. The zero-order valence-corrected chi connectivity index (χ0v) is 20.1. The Morgan fingerprint density at radius 3 is 2.38 bits per heavy atom. The first-order chi connectivity index (χ1) is 16.6. The number of nitrogens with zero attached hydrogens (tertiary/aromatic N) is 3. The molecule has 0 unspecified atom stereocenters. The van der Waals surface area contributed by atoms with Crippen LogP contribution in [0.25, 0.3) is 16.5 Å². The third-order valence-corrected chi connectivity index (χ3v) is 6.44. The molecule has 1 saturated heterocycles. The Balaban J connectivity index is 1.46. The largest absolute Gasteiger partial charge is 0.497 e. The Hall–Kier alpha value is -3.16. The molecule has 2 heterocycles. The molecule has 3 aromatic rings. The monoisotopic (exact) mass is 462 g/mol. The molecule has 1 amide bonds. The van der Waals surface area contributed by atoms with Crippen molar-refractivity contribution in [1.29, 1.82) is 0 Å². The summed E-state index contributed by atoms with van der Waals surface area (Å²) in [5.74, 6) is 0.486. The topological polar surface area (TPSA) is 66.8 Å². The number of carbonyl (C=O) groups is 1. The average Bonchev–Trinajstić information content (AvgIpc) is 2.88. The molecule has 1 N–H and O–H groups in total. The Bertz CT molecular complexity index is 1180. The van der Waals surface area contributed by atoms with E-state index in [0.717, 1.165) is 39.1 Å². The van der Waals surface area contributed by atoms with Crippen molar-refractivity contribution >= 4 is 16.7 Å². The summed E-state index contributed by atoms with van der Waals surface area (Å²) < 4.78 is 6.84. The highest BCUT2D eigenvalue weighted by Gasteiger charge is 2.17. The van der Waals surface area contributed by atoms with Gasteiger partial charge in [-0.25, -0.2) is 0 Å². The van der Waals surface area contributed by atoms with Crippen molar-refractivity contribution in [2.75, 3.05) is 52.9 Å². The zero-order valence-electron chi connectivity index (χ0n) is 20.1. The number of fused-ring (bicyclic) bond motifs is 1. The van der Waals surface area contributed by atoms with E-state index in [-0.39, 0.29) is 11.5 Å². The second-order valence-electron chi connectivity index (χ2n) is 8.76. The lowest BCUT2D eigenvalue weighted by atomic mass is 10.1. The van der Waals surface area contributed by atoms with E-state index in [4.69, 9.17) is 4.74 Å². The predicted octanol–water partition coefficient (Wildman–Crippen LogP) is 3.15. The van der Waals surface area contributed by atoms with Crippen LogP contribution in [0.15, 0.2) is 59.5 Å². The van der Waals surface area contributed by atoms with Crippen LogP contribution in [0.5, 0.6) is 5.75 Å². The lowest BCUT2D eigenvalue weighted by Gasteiger charge is -2.34. The summed E-state index contributed by atoms with van der Waals surface area (Å²) in [4.78, 5) is 31.3. The first-order valence-electron chi connectivity index (χ1n) is 12.1. The fraction of sp³-hybridized carbons (Fsp3) is 0.407. The number of hydrogen-bond acceptors (Lipinski definition) is 5. The van der Waals surface area contributed by atoms with Gasteiger partial charge in [-0.15, -0.1) is 0 Å². The molecule has 0 atom stereocenters. The van der Waals surface area contributed by atoms with Crippen molar-refractivity contribution in [3.63, 3.8) is 0 Å². The van der Waals surface area contributed by atoms with Gasteiger partial charge in [0.25, 0.3) is 11.5 Å². The minimum absolute atomic E-state index is 0.164. The van der Waals surface area contributed by atoms with Crippen LogP contribution in [-0.4, -0.2) is 73.2 Å². The quantitative estimate of drug-likeness (QED) is 0.495. The molecule has 7 nitrogen and oxygen atoms in total. The van der Waals surface area contributed by atoms with E-state index in [1.165, 1.54) is 17.5 Å². The van der Waals surface area contributed by atoms with Crippen LogP contribution < -0.4 is 15.6 Å². The van der Waals surface area contributed by atoms with E-state index >= 15 is 0 Å². The molecule has 2 aromatic carbocycles. The molecule has 0 radical (unpaired) electrons. The molecule has 7 heteroatoms. The summed E-state index contributed by atoms with van der Waals surface area (Å²) >= 11 is 0. The van der Waals surface area contributed by atoms with E-state index < -0.39 is 0 Å². The van der Waals surface area contributed by atoms with Gasteiger partial charge >= 0.3 is 0 Å². The lowest BCUT2D eigenvalue weighted by molar-refractivity contribution is 0.0949. The van der Waals surface area contributed by atoms with Crippen LogP contribution >= 0.6 is 0 Å². The maximum Gasteiger partial charge on any atom is 0.262 e. The SMILES string of the molecule is CCCN1CCN(CCCNC(=O)c2cn(-c3cccc(OC)c3)c(=O)c3ccccc23)CC1. The van der Waals surface area contributed by atoms with E-state index in [1.54, 1.807) is 25.4 Å². The maximum atomic E-state index is 13.2. The minimum atomic E-state index is -0.166. The van der Waals surface area contributed by atoms with Crippen molar-refractivity contribution in [2.45, 2.75) is 19.8 Å². The first kappa shape index (κ1) is 24.0. The van der Waals surface area contributed by atoms with E-state index in [1.807, 2.05) is 36.4 Å². The third kappa shape index (κ3) is 5.48. The molecule has 1 aromatic heterocycles. The van der Waals surface area contributed by atoms with Gasteiger partial charge in [0.15, 0.2) is 0 Å². The molecule has 34 heavy (non-hydrogen) atoms. The molecule has 0 aliphatic carbocycles.